The first-order valence-electron chi connectivity index (χ1n) is 6.03. The van der Waals surface area contributed by atoms with Gasteiger partial charge in [-0.1, -0.05) is 25.1 Å². The highest BCUT2D eigenvalue weighted by Gasteiger charge is 2.40. The summed E-state index contributed by atoms with van der Waals surface area (Å²) in [6, 6.07) is 7.81. The van der Waals surface area contributed by atoms with Crippen LogP contribution in [0.1, 0.15) is 38.9 Å². The molecule has 0 aromatic heterocycles. The molecular weight excluding hydrogens is 200 g/mol. The number of hydrogen-bond donors (Lipinski definition) is 1. The van der Waals surface area contributed by atoms with Gasteiger partial charge >= 0.3 is 0 Å². The van der Waals surface area contributed by atoms with E-state index in [1.165, 1.54) is 0 Å². The predicted molar refractivity (Wildman–Crippen MR) is 64.4 cm³/mol. The van der Waals surface area contributed by atoms with E-state index >= 15 is 0 Å². The Balaban J connectivity index is 2.18. The average Bonchev–Trinajstić information content (AvgIpc) is 2.94. The quantitative estimate of drug-likeness (QED) is 0.844. The summed E-state index contributed by atoms with van der Waals surface area (Å²) in [6.45, 7) is 6.19. The predicted octanol–water partition coefficient (Wildman–Crippen LogP) is 3.16. The fourth-order valence-corrected chi connectivity index (χ4v) is 2.11. The largest absolute Gasteiger partial charge is 0.491 e. The Hall–Kier alpha value is -1.02. The van der Waals surface area contributed by atoms with Gasteiger partial charge in [0, 0.05) is 5.56 Å². The van der Waals surface area contributed by atoms with Crippen LogP contribution < -0.4 is 4.74 Å². The summed E-state index contributed by atoms with van der Waals surface area (Å²) >= 11 is 0. The SMILES string of the molecule is CC(C)Oc1ccccc1C(O)C1CC1C. The van der Waals surface area contributed by atoms with Crippen LogP contribution in [0.15, 0.2) is 24.3 Å². The maximum Gasteiger partial charge on any atom is 0.125 e. The van der Waals surface area contributed by atoms with E-state index in [4.69, 9.17) is 4.74 Å². The molecule has 1 aromatic rings. The Kier molecular flexibility index (Phi) is 3.20. The molecule has 1 aliphatic rings. The summed E-state index contributed by atoms with van der Waals surface area (Å²) in [5.74, 6) is 1.88. The van der Waals surface area contributed by atoms with E-state index in [-0.39, 0.29) is 12.2 Å². The van der Waals surface area contributed by atoms with Crippen LogP contribution >= 0.6 is 0 Å². The summed E-state index contributed by atoms with van der Waals surface area (Å²) in [7, 11) is 0. The van der Waals surface area contributed by atoms with Crippen LogP contribution in [0.25, 0.3) is 0 Å². The van der Waals surface area contributed by atoms with Crippen molar-refractivity contribution >= 4 is 0 Å². The first-order chi connectivity index (χ1) is 7.59. The molecular formula is C14H20O2. The van der Waals surface area contributed by atoms with Crippen molar-refractivity contribution in [2.45, 2.75) is 39.4 Å². The van der Waals surface area contributed by atoms with Crippen LogP contribution in [0.4, 0.5) is 0 Å². The van der Waals surface area contributed by atoms with Gasteiger partial charge in [-0.05, 0) is 38.2 Å². The fraction of sp³-hybridized carbons (Fsp3) is 0.571. The summed E-state index contributed by atoms with van der Waals surface area (Å²) < 4.78 is 5.72. The normalized spacial score (nSPS) is 25.6. The van der Waals surface area contributed by atoms with Crippen molar-refractivity contribution in [3.8, 4) is 5.75 Å². The van der Waals surface area contributed by atoms with Gasteiger partial charge in [0.1, 0.15) is 5.75 Å². The zero-order chi connectivity index (χ0) is 11.7. The number of benzene rings is 1. The van der Waals surface area contributed by atoms with E-state index in [0.717, 1.165) is 17.7 Å². The van der Waals surface area contributed by atoms with Gasteiger partial charge in [0.2, 0.25) is 0 Å². The van der Waals surface area contributed by atoms with Crippen molar-refractivity contribution in [2.75, 3.05) is 0 Å². The molecule has 2 heteroatoms. The minimum atomic E-state index is -0.370. The van der Waals surface area contributed by atoms with Gasteiger partial charge in [0.15, 0.2) is 0 Å². The molecule has 3 unspecified atom stereocenters. The number of aliphatic hydroxyl groups excluding tert-OH is 1. The molecule has 2 rings (SSSR count). The van der Waals surface area contributed by atoms with Crippen LogP contribution in [0.2, 0.25) is 0 Å². The molecule has 3 atom stereocenters. The third-order valence-corrected chi connectivity index (χ3v) is 3.18. The maximum atomic E-state index is 10.2. The Morgan fingerprint density at radius 1 is 1.31 bits per heavy atom. The lowest BCUT2D eigenvalue weighted by Gasteiger charge is -2.17. The van der Waals surface area contributed by atoms with E-state index in [0.29, 0.717) is 11.8 Å². The molecule has 0 radical (unpaired) electrons. The standard InChI is InChI=1S/C14H20O2/c1-9(2)16-13-7-5-4-6-11(13)14(15)12-8-10(12)3/h4-7,9-10,12,14-15H,8H2,1-3H3. The summed E-state index contributed by atoms with van der Waals surface area (Å²) in [4.78, 5) is 0. The number of ether oxygens (including phenoxy) is 1. The summed E-state index contributed by atoms with van der Waals surface area (Å²) in [6.07, 6.45) is 0.895. The lowest BCUT2D eigenvalue weighted by molar-refractivity contribution is 0.139. The van der Waals surface area contributed by atoms with Gasteiger partial charge in [-0.3, -0.25) is 0 Å². The van der Waals surface area contributed by atoms with Crippen molar-refractivity contribution in [2.24, 2.45) is 11.8 Å². The first-order valence-corrected chi connectivity index (χ1v) is 6.03. The Bertz CT molecular complexity index is 360. The van der Waals surface area contributed by atoms with E-state index in [2.05, 4.69) is 6.92 Å². The minimum Gasteiger partial charge on any atom is -0.491 e. The number of hydrogen-bond acceptors (Lipinski definition) is 2. The van der Waals surface area contributed by atoms with Gasteiger partial charge in [-0.25, -0.2) is 0 Å². The zero-order valence-corrected chi connectivity index (χ0v) is 10.2. The van der Waals surface area contributed by atoms with Gasteiger partial charge in [0.25, 0.3) is 0 Å². The Labute approximate surface area is 97.3 Å². The van der Waals surface area contributed by atoms with Crippen molar-refractivity contribution in [3.63, 3.8) is 0 Å². The van der Waals surface area contributed by atoms with Crippen molar-refractivity contribution in [1.82, 2.24) is 0 Å². The Morgan fingerprint density at radius 2 is 1.94 bits per heavy atom. The molecule has 0 bridgehead atoms. The number of rotatable bonds is 4. The smallest absolute Gasteiger partial charge is 0.125 e. The van der Waals surface area contributed by atoms with Crippen LogP contribution in [0, 0.1) is 11.8 Å². The highest BCUT2D eigenvalue weighted by molar-refractivity contribution is 5.36. The van der Waals surface area contributed by atoms with Crippen LogP contribution in [-0.2, 0) is 0 Å². The summed E-state index contributed by atoms with van der Waals surface area (Å²) in [5, 5.41) is 10.2. The molecule has 0 spiro atoms. The van der Waals surface area contributed by atoms with E-state index in [9.17, 15) is 5.11 Å². The van der Waals surface area contributed by atoms with E-state index < -0.39 is 0 Å². The van der Waals surface area contributed by atoms with Gasteiger partial charge in [-0.2, -0.15) is 0 Å². The molecule has 1 aliphatic carbocycles. The minimum absolute atomic E-state index is 0.143. The van der Waals surface area contributed by atoms with E-state index in [1.807, 2.05) is 38.1 Å². The van der Waals surface area contributed by atoms with Crippen molar-refractivity contribution in [3.05, 3.63) is 29.8 Å². The third kappa shape index (κ3) is 2.38. The van der Waals surface area contributed by atoms with Gasteiger partial charge in [0.05, 0.1) is 12.2 Å². The third-order valence-electron chi connectivity index (χ3n) is 3.18. The second-order valence-corrected chi connectivity index (χ2v) is 5.03. The molecule has 0 heterocycles. The number of para-hydroxylation sites is 1. The zero-order valence-electron chi connectivity index (χ0n) is 10.2. The lowest BCUT2D eigenvalue weighted by atomic mass is 10.0. The molecule has 16 heavy (non-hydrogen) atoms. The molecule has 0 aliphatic heterocycles. The lowest BCUT2D eigenvalue weighted by Crippen LogP contribution is -2.10. The number of aliphatic hydroxyl groups is 1. The van der Waals surface area contributed by atoms with Gasteiger partial charge in [-0.15, -0.1) is 0 Å². The average molecular weight is 220 g/mol. The molecule has 88 valence electrons. The molecule has 1 N–H and O–H groups in total. The Morgan fingerprint density at radius 3 is 2.50 bits per heavy atom. The molecule has 0 saturated heterocycles. The highest BCUT2D eigenvalue weighted by Crippen LogP contribution is 2.48. The summed E-state index contributed by atoms with van der Waals surface area (Å²) in [5.41, 5.74) is 0.936. The monoisotopic (exact) mass is 220 g/mol. The first kappa shape index (κ1) is 11.5. The molecule has 1 aromatic carbocycles. The van der Waals surface area contributed by atoms with Gasteiger partial charge < -0.3 is 9.84 Å². The fourth-order valence-electron chi connectivity index (χ4n) is 2.11. The molecule has 0 amide bonds. The second-order valence-electron chi connectivity index (χ2n) is 5.03. The molecule has 2 nitrogen and oxygen atoms in total. The van der Waals surface area contributed by atoms with Crippen LogP contribution in [-0.4, -0.2) is 11.2 Å². The maximum absolute atomic E-state index is 10.2. The molecule has 1 saturated carbocycles. The van der Waals surface area contributed by atoms with Crippen LogP contribution in [0.5, 0.6) is 5.75 Å². The van der Waals surface area contributed by atoms with E-state index in [1.54, 1.807) is 0 Å². The van der Waals surface area contributed by atoms with Crippen molar-refractivity contribution in [1.29, 1.82) is 0 Å². The molecule has 1 fully saturated rings. The van der Waals surface area contributed by atoms with Crippen molar-refractivity contribution < 1.29 is 9.84 Å². The topological polar surface area (TPSA) is 29.5 Å². The van der Waals surface area contributed by atoms with Crippen LogP contribution in [0.3, 0.4) is 0 Å². The highest BCUT2D eigenvalue weighted by atomic mass is 16.5. The second kappa shape index (κ2) is 4.46.